The number of carbonyl (C=O) groups is 1. The third-order valence-corrected chi connectivity index (χ3v) is 7.64. The molecule has 0 saturated carbocycles. The largest absolute Gasteiger partial charge is 0.489 e. The van der Waals surface area contributed by atoms with Crippen molar-refractivity contribution in [2.24, 2.45) is 0 Å². The Balaban J connectivity index is 1.56. The maximum absolute atomic E-state index is 14.0. The minimum absolute atomic E-state index is 0.196. The van der Waals surface area contributed by atoms with E-state index >= 15 is 0 Å². The average molecular weight is 540 g/mol. The van der Waals surface area contributed by atoms with Gasteiger partial charge in [-0.25, -0.2) is 4.68 Å². The number of hydrogen-bond acceptors (Lipinski definition) is 6. The van der Waals surface area contributed by atoms with Gasteiger partial charge in [0.15, 0.2) is 0 Å². The molecule has 4 aromatic rings. The zero-order chi connectivity index (χ0) is 27.4. The molecule has 1 amide bonds. The van der Waals surface area contributed by atoms with Gasteiger partial charge in [0.2, 0.25) is 11.1 Å². The molecule has 1 aliphatic rings. The SMILES string of the molecule is CCCSc1nc2n(n1)C(c1ccccc1OCc1ccccc1)C(C(=O)Nc1ccc(C)cc1C)=C(C)N2. The summed E-state index contributed by atoms with van der Waals surface area (Å²) in [5, 5.41) is 12.0. The molecule has 7 nitrogen and oxygen atoms in total. The number of aryl methyl sites for hydroxylation is 2. The molecule has 1 unspecified atom stereocenters. The summed E-state index contributed by atoms with van der Waals surface area (Å²) in [6.45, 7) is 8.50. The first-order valence-corrected chi connectivity index (χ1v) is 14.1. The monoisotopic (exact) mass is 539 g/mol. The summed E-state index contributed by atoms with van der Waals surface area (Å²) in [5.41, 5.74) is 6.14. The lowest BCUT2D eigenvalue weighted by atomic mass is 9.94. The molecule has 0 radical (unpaired) electrons. The topological polar surface area (TPSA) is 81.1 Å². The Morgan fingerprint density at radius 2 is 1.82 bits per heavy atom. The third-order valence-electron chi connectivity index (χ3n) is 6.59. The van der Waals surface area contributed by atoms with Crippen LogP contribution in [0.4, 0.5) is 11.6 Å². The second-order valence-corrected chi connectivity index (χ2v) is 10.7. The van der Waals surface area contributed by atoms with Crippen LogP contribution in [0.2, 0.25) is 0 Å². The number of aromatic nitrogens is 3. The van der Waals surface area contributed by atoms with Gasteiger partial charge in [-0.05, 0) is 50.5 Å². The molecule has 0 fully saturated rings. The Morgan fingerprint density at radius 1 is 1.05 bits per heavy atom. The fourth-order valence-corrected chi connectivity index (χ4v) is 5.37. The van der Waals surface area contributed by atoms with E-state index in [9.17, 15) is 4.79 Å². The summed E-state index contributed by atoms with van der Waals surface area (Å²) < 4.78 is 8.15. The van der Waals surface area contributed by atoms with E-state index in [2.05, 4.69) is 23.6 Å². The Kier molecular flexibility index (Phi) is 8.02. The van der Waals surface area contributed by atoms with Crippen LogP contribution in [0.15, 0.2) is 89.2 Å². The molecule has 5 rings (SSSR count). The molecule has 1 aliphatic heterocycles. The lowest BCUT2D eigenvalue weighted by Crippen LogP contribution is -2.32. The van der Waals surface area contributed by atoms with Gasteiger partial charge < -0.3 is 15.4 Å². The number of ether oxygens (including phenoxy) is 1. The van der Waals surface area contributed by atoms with Gasteiger partial charge >= 0.3 is 0 Å². The normalized spacial score (nSPS) is 14.5. The van der Waals surface area contributed by atoms with E-state index in [0.29, 0.717) is 29.0 Å². The van der Waals surface area contributed by atoms with Gasteiger partial charge in [-0.1, -0.05) is 84.9 Å². The van der Waals surface area contributed by atoms with Crippen molar-refractivity contribution in [1.82, 2.24) is 14.8 Å². The standard InChI is InChI=1S/C31H33N5O2S/c1-5-17-39-31-34-30-32-22(4)27(29(37)33-25-16-15-20(2)18-21(25)3)28(36(30)35-31)24-13-9-10-14-26(24)38-19-23-11-7-6-8-12-23/h6-16,18,28H,5,17,19H2,1-4H3,(H,33,37)(H,32,34,35). The highest BCUT2D eigenvalue weighted by Gasteiger charge is 2.36. The molecule has 0 saturated heterocycles. The van der Waals surface area contributed by atoms with Crippen molar-refractivity contribution in [1.29, 1.82) is 0 Å². The van der Waals surface area contributed by atoms with Gasteiger partial charge in [0.25, 0.3) is 5.91 Å². The Bertz CT molecular complexity index is 1510. The number of carbonyl (C=O) groups excluding carboxylic acids is 1. The maximum Gasteiger partial charge on any atom is 0.255 e. The lowest BCUT2D eigenvalue weighted by molar-refractivity contribution is -0.113. The van der Waals surface area contributed by atoms with Crippen LogP contribution in [0.1, 0.15) is 48.6 Å². The van der Waals surface area contributed by atoms with Gasteiger partial charge in [0, 0.05) is 22.7 Å². The highest BCUT2D eigenvalue weighted by Crippen LogP contribution is 2.40. The van der Waals surface area contributed by atoms with Crippen molar-refractivity contribution in [3.05, 3.63) is 106 Å². The lowest BCUT2D eigenvalue weighted by Gasteiger charge is -2.30. The van der Waals surface area contributed by atoms with Crippen LogP contribution in [0.3, 0.4) is 0 Å². The smallest absolute Gasteiger partial charge is 0.255 e. The number of nitrogens with one attached hydrogen (secondary N) is 2. The van der Waals surface area contributed by atoms with Gasteiger partial charge in [0.1, 0.15) is 18.4 Å². The van der Waals surface area contributed by atoms with Crippen molar-refractivity contribution in [3.8, 4) is 5.75 Å². The number of para-hydroxylation sites is 1. The zero-order valence-electron chi connectivity index (χ0n) is 22.7. The van der Waals surface area contributed by atoms with Gasteiger partial charge in [0.05, 0.1) is 5.57 Å². The van der Waals surface area contributed by atoms with E-state index in [0.717, 1.165) is 45.8 Å². The van der Waals surface area contributed by atoms with Crippen molar-refractivity contribution in [3.63, 3.8) is 0 Å². The summed E-state index contributed by atoms with van der Waals surface area (Å²) in [6, 6.07) is 23.4. The average Bonchev–Trinajstić information content (AvgIpc) is 3.34. The van der Waals surface area contributed by atoms with E-state index in [-0.39, 0.29) is 5.91 Å². The molecule has 1 aromatic heterocycles. The van der Waals surface area contributed by atoms with Crippen LogP contribution in [0.25, 0.3) is 0 Å². The van der Waals surface area contributed by atoms with E-state index in [1.54, 1.807) is 11.8 Å². The van der Waals surface area contributed by atoms with Crippen LogP contribution in [0, 0.1) is 13.8 Å². The summed E-state index contributed by atoms with van der Waals surface area (Å²) in [5.74, 6) is 2.02. The fraction of sp³-hybridized carbons (Fsp3) is 0.258. The van der Waals surface area contributed by atoms with E-state index in [4.69, 9.17) is 14.8 Å². The molecule has 39 heavy (non-hydrogen) atoms. The molecule has 0 bridgehead atoms. The number of allylic oxidation sites excluding steroid dienone is 1. The van der Waals surface area contributed by atoms with Crippen molar-refractivity contribution in [2.45, 2.75) is 51.9 Å². The van der Waals surface area contributed by atoms with Gasteiger partial charge in [-0.3, -0.25) is 4.79 Å². The maximum atomic E-state index is 14.0. The van der Waals surface area contributed by atoms with Crippen LogP contribution >= 0.6 is 11.8 Å². The van der Waals surface area contributed by atoms with Gasteiger partial charge in [-0.2, -0.15) is 4.98 Å². The first-order chi connectivity index (χ1) is 18.9. The van der Waals surface area contributed by atoms with Crippen LogP contribution in [-0.4, -0.2) is 26.4 Å². The number of rotatable bonds is 9. The molecular formula is C31H33N5O2S. The number of anilines is 2. The molecule has 3 aromatic carbocycles. The summed E-state index contributed by atoms with van der Waals surface area (Å²) in [7, 11) is 0. The van der Waals surface area contributed by atoms with Crippen LogP contribution in [0.5, 0.6) is 5.75 Å². The summed E-state index contributed by atoms with van der Waals surface area (Å²) >= 11 is 1.61. The second-order valence-electron chi connectivity index (χ2n) is 9.66. The molecule has 1 atom stereocenters. The summed E-state index contributed by atoms with van der Waals surface area (Å²) in [4.78, 5) is 18.7. The van der Waals surface area contributed by atoms with E-state index in [1.165, 1.54) is 0 Å². The number of benzene rings is 3. The molecular weight excluding hydrogens is 506 g/mol. The minimum atomic E-state index is -0.526. The van der Waals surface area contributed by atoms with Crippen LogP contribution < -0.4 is 15.4 Å². The molecule has 8 heteroatoms. The predicted molar refractivity (Wildman–Crippen MR) is 157 cm³/mol. The number of fused-ring (bicyclic) bond motifs is 1. The predicted octanol–water partition coefficient (Wildman–Crippen LogP) is 6.90. The zero-order valence-corrected chi connectivity index (χ0v) is 23.5. The number of hydrogen-bond donors (Lipinski definition) is 2. The van der Waals surface area contributed by atoms with Crippen LogP contribution in [-0.2, 0) is 11.4 Å². The first-order valence-electron chi connectivity index (χ1n) is 13.2. The Hall–Kier alpha value is -4.04. The minimum Gasteiger partial charge on any atom is -0.489 e. The number of thioether (sulfide) groups is 1. The quantitative estimate of drug-likeness (QED) is 0.225. The highest BCUT2D eigenvalue weighted by atomic mass is 32.2. The van der Waals surface area contributed by atoms with E-state index in [1.807, 2.05) is 92.2 Å². The molecule has 2 heterocycles. The molecule has 200 valence electrons. The van der Waals surface area contributed by atoms with Crippen molar-refractivity contribution in [2.75, 3.05) is 16.4 Å². The Morgan fingerprint density at radius 3 is 2.59 bits per heavy atom. The molecule has 0 spiro atoms. The number of amides is 1. The van der Waals surface area contributed by atoms with Gasteiger partial charge in [-0.15, -0.1) is 5.10 Å². The summed E-state index contributed by atoms with van der Waals surface area (Å²) in [6.07, 6.45) is 1.02. The third kappa shape index (κ3) is 5.86. The fourth-order valence-electron chi connectivity index (χ4n) is 4.68. The first kappa shape index (κ1) is 26.6. The molecule has 0 aliphatic carbocycles. The van der Waals surface area contributed by atoms with Crippen molar-refractivity contribution >= 4 is 29.3 Å². The van der Waals surface area contributed by atoms with E-state index < -0.39 is 6.04 Å². The second kappa shape index (κ2) is 11.8. The number of nitrogens with zero attached hydrogens (tertiary/aromatic N) is 3. The highest BCUT2D eigenvalue weighted by molar-refractivity contribution is 7.99. The van der Waals surface area contributed by atoms with Crippen molar-refractivity contribution < 1.29 is 9.53 Å². The Labute approximate surface area is 233 Å². The molecule has 2 N–H and O–H groups in total.